The summed E-state index contributed by atoms with van der Waals surface area (Å²) >= 11 is 0. The number of anilines is 3. The highest BCUT2D eigenvalue weighted by Gasteiger charge is 2.32. The lowest BCUT2D eigenvalue weighted by Crippen LogP contribution is -2.48. The summed E-state index contributed by atoms with van der Waals surface area (Å²) in [5.41, 5.74) is 0.982. The number of fused-ring (bicyclic) bond motifs is 1. The number of sulfonamides is 1. The predicted octanol–water partition coefficient (Wildman–Crippen LogP) is 2.03. The lowest BCUT2D eigenvalue weighted by molar-refractivity contribution is -0.123. The van der Waals surface area contributed by atoms with Gasteiger partial charge < -0.3 is 15.0 Å². The van der Waals surface area contributed by atoms with Gasteiger partial charge in [-0.3, -0.25) is 9.59 Å². The van der Waals surface area contributed by atoms with Crippen LogP contribution in [0, 0.1) is 0 Å². The van der Waals surface area contributed by atoms with E-state index >= 15 is 0 Å². The van der Waals surface area contributed by atoms with Crippen LogP contribution >= 0.6 is 0 Å². The third kappa shape index (κ3) is 4.52. The molecule has 1 aliphatic heterocycles. The average molecular weight is 453 g/mol. The van der Waals surface area contributed by atoms with Crippen LogP contribution in [0.15, 0.2) is 71.9 Å². The highest BCUT2D eigenvalue weighted by atomic mass is 32.2. The van der Waals surface area contributed by atoms with E-state index in [1.165, 1.54) is 48.5 Å². The quantitative estimate of drug-likeness (QED) is 0.604. The van der Waals surface area contributed by atoms with Gasteiger partial charge in [-0.1, -0.05) is 12.1 Å². The molecule has 2 heterocycles. The van der Waals surface area contributed by atoms with Gasteiger partial charge in [0.2, 0.25) is 11.9 Å². The molecule has 0 fully saturated rings. The smallest absolute Gasteiger partial charge is 0.267 e. The topological polar surface area (TPSA) is 131 Å². The Bertz CT molecular complexity index is 1250. The number of benzene rings is 2. The summed E-state index contributed by atoms with van der Waals surface area (Å²) in [5.74, 6) is -0.278. The molecule has 0 spiro atoms. The predicted molar refractivity (Wildman–Crippen MR) is 117 cm³/mol. The Hall–Kier alpha value is -3.99. The Labute approximate surface area is 184 Å². The molecule has 0 bridgehead atoms. The molecular weight excluding hydrogens is 434 g/mol. The van der Waals surface area contributed by atoms with Crippen molar-refractivity contribution in [2.45, 2.75) is 17.9 Å². The van der Waals surface area contributed by atoms with Gasteiger partial charge in [-0.05, 0) is 42.5 Å². The highest BCUT2D eigenvalue weighted by Crippen LogP contribution is 2.33. The SMILES string of the molecule is CC(=O)N1C[C@@H](C(=O)Nc2ccc(S(=O)(=O)Nc3ncccn3)cc2)Oc2ccccc21. The van der Waals surface area contributed by atoms with Gasteiger partial charge in [0, 0.05) is 25.0 Å². The molecule has 4 rings (SSSR count). The second-order valence-electron chi connectivity index (χ2n) is 6.90. The van der Waals surface area contributed by atoms with E-state index in [1.54, 1.807) is 30.3 Å². The van der Waals surface area contributed by atoms with Crippen LogP contribution < -0.4 is 19.7 Å². The van der Waals surface area contributed by atoms with Gasteiger partial charge in [-0.15, -0.1) is 0 Å². The molecule has 1 aromatic heterocycles. The Balaban J connectivity index is 1.46. The van der Waals surface area contributed by atoms with E-state index in [0.29, 0.717) is 17.1 Å². The Morgan fingerprint density at radius 1 is 1.03 bits per heavy atom. The number of ether oxygens (including phenoxy) is 1. The summed E-state index contributed by atoms with van der Waals surface area (Å²) in [5, 5.41) is 2.69. The molecule has 1 atom stereocenters. The van der Waals surface area contributed by atoms with Crippen LogP contribution in [-0.4, -0.2) is 42.8 Å². The molecule has 2 aromatic carbocycles. The molecule has 164 valence electrons. The largest absolute Gasteiger partial charge is 0.476 e. The molecule has 0 radical (unpaired) electrons. The van der Waals surface area contributed by atoms with Gasteiger partial charge in [0.05, 0.1) is 17.1 Å². The normalized spacial score (nSPS) is 15.3. The van der Waals surface area contributed by atoms with E-state index in [2.05, 4.69) is 20.0 Å². The minimum atomic E-state index is -3.89. The fourth-order valence-corrected chi connectivity index (χ4v) is 4.10. The second-order valence-corrected chi connectivity index (χ2v) is 8.58. The summed E-state index contributed by atoms with van der Waals surface area (Å²) in [7, 11) is -3.89. The molecule has 10 nitrogen and oxygen atoms in total. The first kappa shape index (κ1) is 21.2. The summed E-state index contributed by atoms with van der Waals surface area (Å²) < 4.78 is 33.0. The van der Waals surface area contributed by atoms with Gasteiger partial charge in [0.25, 0.3) is 15.9 Å². The second kappa shape index (κ2) is 8.63. The lowest BCUT2D eigenvalue weighted by atomic mass is 10.1. The number of nitrogens with one attached hydrogen (secondary N) is 2. The fraction of sp³-hybridized carbons (Fsp3) is 0.143. The lowest BCUT2D eigenvalue weighted by Gasteiger charge is -2.33. The van der Waals surface area contributed by atoms with Crippen LogP contribution in [0.5, 0.6) is 5.75 Å². The van der Waals surface area contributed by atoms with E-state index in [-0.39, 0.29) is 23.3 Å². The van der Waals surface area contributed by atoms with Gasteiger partial charge in [0.15, 0.2) is 6.10 Å². The first-order chi connectivity index (χ1) is 15.3. The zero-order valence-electron chi connectivity index (χ0n) is 16.9. The van der Waals surface area contributed by atoms with Crippen molar-refractivity contribution >= 4 is 39.2 Å². The van der Waals surface area contributed by atoms with Crippen molar-refractivity contribution < 1.29 is 22.7 Å². The molecule has 1 aliphatic rings. The molecule has 32 heavy (non-hydrogen) atoms. The van der Waals surface area contributed by atoms with E-state index < -0.39 is 22.0 Å². The van der Waals surface area contributed by atoms with E-state index in [0.717, 1.165) is 0 Å². The van der Waals surface area contributed by atoms with Crippen molar-refractivity contribution in [1.29, 1.82) is 0 Å². The monoisotopic (exact) mass is 453 g/mol. The zero-order chi connectivity index (χ0) is 22.7. The number of aromatic nitrogens is 2. The van der Waals surface area contributed by atoms with E-state index in [4.69, 9.17) is 4.74 Å². The van der Waals surface area contributed by atoms with Crippen LogP contribution in [0.25, 0.3) is 0 Å². The molecule has 3 aromatic rings. The maximum Gasteiger partial charge on any atom is 0.267 e. The number of carbonyl (C=O) groups excluding carboxylic acids is 2. The molecule has 11 heteroatoms. The summed E-state index contributed by atoms with van der Waals surface area (Å²) in [6.45, 7) is 1.48. The Kier molecular flexibility index (Phi) is 5.73. The molecular formula is C21H19N5O5S. The van der Waals surface area contributed by atoms with Crippen molar-refractivity contribution in [1.82, 2.24) is 9.97 Å². The van der Waals surface area contributed by atoms with Crippen molar-refractivity contribution in [2.75, 3.05) is 21.5 Å². The molecule has 0 saturated carbocycles. The average Bonchev–Trinajstić information content (AvgIpc) is 2.79. The van der Waals surface area contributed by atoms with Crippen molar-refractivity contribution in [3.63, 3.8) is 0 Å². The standard InChI is InChI=1S/C21H19N5O5S/c1-14(27)26-13-19(31-18-6-3-2-5-17(18)26)20(28)24-15-7-9-16(10-8-15)32(29,30)25-21-22-11-4-12-23-21/h2-12,19H,13H2,1H3,(H,24,28)(H,22,23,25)/t19-/m0/s1. The first-order valence-electron chi connectivity index (χ1n) is 9.58. The molecule has 2 amide bonds. The van der Waals surface area contributed by atoms with Crippen LogP contribution in [0.2, 0.25) is 0 Å². The Morgan fingerprint density at radius 3 is 2.41 bits per heavy atom. The maximum atomic E-state index is 12.7. The summed E-state index contributed by atoms with van der Waals surface area (Å²) in [4.78, 5) is 33.9. The first-order valence-corrected chi connectivity index (χ1v) is 11.1. The summed E-state index contributed by atoms with van der Waals surface area (Å²) in [6, 6.07) is 14.2. The number of para-hydroxylation sites is 2. The number of carbonyl (C=O) groups is 2. The third-order valence-electron chi connectivity index (χ3n) is 4.67. The van der Waals surface area contributed by atoms with Crippen molar-refractivity contribution in [3.8, 4) is 5.75 Å². The third-order valence-corrected chi connectivity index (χ3v) is 6.01. The summed E-state index contributed by atoms with van der Waals surface area (Å²) in [6.07, 6.45) is 1.92. The van der Waals surface area contributed by atoms with Gasteiger partial charge in [-0.25, -0.2) is 23.1 Å². The molecule has 0 aliphatic carbocycles. The minimum Gasteiger partial charge on any atom is -0.476 e. The number of hydrogen-bond donors (Lipinski definition) is 2. The van der Waals surface area contributed by atoms with Crippen molar-refractivity contribution in [3.05, 3.63) is 67.0 Å². The van der Waals surface area contributed by atoms with Crippen LogP contribution in [-0.2, 0) is 19.6 Å². The number of amides is 2. The number of rotatable bonds is 5. The van der Waals surface area contributed by atoms with Crippen LogP contribution in [0.4, 0.5) is 17.3 Å². The fourth-order valence-electron chi connectivity index (χ4n) is 3.14. The Morgan fingerprint density at radius 2 is 1.72 bits per heavy atom. The zero-order valence-corrected chi connectivity index (χ0v) is 17.7. The minimum absolute atomic E-state index is 0.0199. The molecule has 0 saturated heterocycles. The van der Waals surface area contributed by atoms with Gasteiger partial charge >= 0.3 is 0 Å². The van der Waals surface area contributed by atoms with Gasteiger partial charge in [-0.2, -0.15) is 0 Å². The van der Waals surface area contributed by atoms with Crippen molar-refractivity contribution in [2.24, 2.45) is 0 Å². The molecule has 2 N–H and O–H groups in total. The van der Waals surface area contributed by atoms with Crippen LogP contribution in [0.1, 0.15) is 6.92 Å². The van der Waals surface area contributed by atoms with Gasteiger partial charge in [0.1, 0.15) is 5.75 Å². The van der Waals surface area contributed by atoms with E-state index in [1.807, 2.05) is 0 Å². The number of nitrogens with zero attached hydrogens (tertiary/aromatic N) is 3. The van der Waals surface area contributed by atoms with Crippen LogP contribution in [0.3, 0.4) is 0 Å². The molecule has 0 unspecified atom stereocenters. The highest BCUT2D eigenvalue weighted by molar-refractivity contribution is 7.92. The maximum absolute atomic E-state index is 12.7. The number of hydrogen-bond acceptors (Lipinski definition) is 7. The van der Waals surface area contributed by atoms with E-state index in [9.17, 15) is 18.0 Å².